The van der Waals surface area contributed by atoms with Gasteiger partial charge in [0, 0.05) is 25.4 Å². The lowest BCUT2D eigenvalue weighted by Gasteiger charge is -2.18. The molecule has 120 valence electrons. The maximum absolute atomic E-state index is 13.7. The van der Waals surface area contributed by atoms with E-state index in [4.69, 9.17) is 0 Å². The van der Waals surface area contributed by atoms with Gasteiger partial charge in [-0.1, -0.05) is 0 Å². The molecule has 0 aromatic carbocycles. The largest absolute Gasteiger partial charge is 0.393 e. The topological polar surface area (TPSA) is 80.0 Å². The molecule has 0 aliphatic heterocycles. The minimum Gasteiger partial charge on any atom is -0.393 e. The number of aliphatic hydroxyl groups excluding tert-OH is 1. The maximum atomic E-state index is 13.7. The van der Waals surface area contributed by atoms with Crippen molar-refractivity contribution in [3.05, 3.63) is 23.6 Å². The van der Waals surface area contributed by atoms with E-state index in [1.807, 2.05) is 11.6 Å². The average molecular weight is 308 g/mol. The first-order valence-corrected chi connectivity index (χ1v) is 7.74. The van der Waals surface area contributed by atoms with E-state index in [2.05, 4.69) is 15.5 Å². The van der Waals surface area contributed by atoms with Crippen LogP contribution in [0.2, 0.25) is 0 Å². The Morgan fingerprint density at radius 2 is 2.27 bits per heavy atom. The van der Waals surface area contributed by atoms with Crippen molar-refractivity contribution in [2.75, 3.05) is 6.54 Å². The molecule has 1 heterocycles. The van der Waals surface area contributed by atoms with E-state index in [1.165, 1.54) is 0 Å². The molecule has 2 N–H and O–H groups in total. The van der Waals surface area contributed by atoms with Gasteiger partial charge in [-0.2, -0.15) is 0 Å². The summed E-state index contributed by atoms with van der Waals surface area (Å²) in [6, 6.07) is 0. The highest BCUT2D eigenvalue weighted by Gasteiger charge is 2.36. The third-order valence-electron chi connectivity index (χ3n) is 4.76. The summed E-state index contributed by atoms with van der Waals surface area (Å²) >= 11 is 0. The lowest BCUT2D eigenvalue weighted by Crippen LogP contribution is -2.33. The van der Waals surface area contributed by atoms with Gasteiger partial charge in [0.1, 0.15) is 12.2 Å². The second kappa shape index (κ2) is 6.16. The van der Waals surface area contributed by atoms with Crippen LogP contribution in [-0.2, 0) is 11.8 Å². The van der Waals surface area contributed by atoms with Crippen molar-refractivity contribution in [1.82, 2.24) is 20.1 Å². The number of amides is 1. The van der Waals surface area contributed by atoms with E-state index < -0.39 is 17.8 Å². The molecule has 0 unspecified atom stereocenters. The minimum absolute atomic E-state index is 0.0789. The number of hydrogen-bond acceptors (Lipinski definition) is 4. The molecule has 0 spiro atoms. The van der Waals surface area contributed by atoms with Crippen molar-refractivity contribution < 1.29 is 14.3 Å². The summed E-state index contributed by atoms with van der Waals surface area (Å²) in [5, 5.41) is 20.7. The minimum atomic E-state index is -0.649. The normalized spacial score (nSPS) is 27.6. The van der Waals surface area contributed by atoms with E-state index in [0.29, 0.717) is 31.3 Å². The highest BCUT2D eigenvalue weighted by atomic mass is 19.1. The zero-order chi connectivity index (χ0) is 15.7. The van der Waals surface area contributed by atoms with Crippen molar-refractivity contribution in [3.63, 3.8) is 0 Å². The molecule has 2 saturated carbocycles. The highest BCUT2D eigenvalue weighted by Crippen LogP contribution is 2.37. The Morgan fingerprint density at radius 1 is 1.50 bits per heavy atom. The molecule has 2 fully saturated rings. The third kappa shape index (κ3) is 2.90. The summed E-state index contributed by atoms with van der Waals surface area (Å²) < 4.78 is 15.6. The van der Waals surface area contributed by atoms with E-state index in [1.54, 1.807) is 6.33 Å². The number of aromatic nitrogens is 3. The van der Waals surface area contributed by atoms with Crippen LogP contribution >= 0.6 is 0 Å². The fraction of sp³-hybridized carbons (Fsp3) is 0.667. The lowest BCUT2D eigenvalue weighted by atomic mass is 9.91. The Bertz CT molecular complexity index is 592. The lowest BCUT2D eigenvalue weighted by molar-refractivity contribution is -0.119. The van der Waals surface area contributed by atoms with E-state index in [0.717, 1.165) is 12.2 Å². The Kier molecular flexibility index (Phi) is 4.24. The van der Waals surface area contributed by atoms with E-state index in [9.17, 15) is 14.3 Å². The Balaban J connectivity index is 1.55. The van der Waals surface area contributed by atoms with Crippen LogP contribution < -0.4 is 5.32 Å². The number of rotatable bonds is 4. The summed E-state index contributed by atoms with van der Waals surface area (Å²) in [5.74, 6) is -0.396. The van der Waals surface area contributed by atoms with Crippen LogP contribution in [0.5, 0.6) is 0 Å². The van der Waals surface area contributed by atoms with Gasteiger partial charge in [-0.25, -0.2) is 4.39 Å². The molecule has 0 saturated heterocycles. The van der Waals surface area contributed by atoms with Crippen molar-refractivity contribution in [3.8, 4) is 0 Å². The SMILES string of the molecule is Cn1cnnc1[C@H]1C[C@H](CNC(=O)C(F)=C2CCC2)[C@H](O)C1. The smallest absolute Gasteiger partial charge is 0.279 e. The monoisotopic (exact) mass is 308 g/mol. The van der Waals surface area contributed by atoms with Gasteiger partial charge in [0.2, 0.25) is 0 Å². The highest BCUT2D eigenvalue weighted by molar-refractivity contribution is 5.92. The number of aliphatic hydroxyl groups is 1. The molecule has 2 aliphatic carbocycles. The van der Waals surface area contributed by atoms with Crippen molar-refractivity contribution in [1.29, 1.82) is 0 Å². The van der Waals surface area contributed by atoms with Crippen LogP contribution in [0, 0.1) is 5.92 Å². The summed E-state index contributed by atoms with van der Waals surface area (Å²) in [4.78, 5) is 11.8. The summed E-state index contributed by atoms with van der Waals surface area (Å²) in [6.45, 7) is 0.287. The maximum Gasteiger partial charge on any atom is 0.279 e. The third-order valence-corrected chi connectivity index (χ3v) is 4.76. The number of aryl methyl sites for hydroxylation is 1. The Morgan fingerprint density at radius 3 is 2.86 bits per heavy atom. The molecule has 7 heteroatoms. The molecule has 1 aromatic rings. The first-order chi connectivity index (χ1) is 10.6. The van der Waals surface area contributed by atoms with Gasteiger partial charge in [0.05, 0.1) is 6.10 Å². The summed E-state index contributed by atoms with van der Waals surface area (Å²) in [6.07, 6.45) is 4.75. The first kappa shape index (κ1) is 15.1. The Hall–Kier alpha value is -1.76. The molecule has 2 aliphatic rings. The van der Waals surface area contributed by atoms with E-state index in [-0.39, 0.29) is 18.4 Å². The molecular formula is C15H21FN4O2. The van der Waals surface area contributed by atoms with Gasteiger partial charge in [-0.05, 0) is 37.7 Å². The molecule has 6 nitrogen and oxygen atoms in total. The molecule has 3 atom stereocenters. The summed E-state index contributed by atoms with van der Waals surface area (Å²) in [5.41, 5.74) is 0.612. The van der Waals surface area contributed by atoms with Gasteiger partial charge in [0.15, 0.2) is 5.83 Å². The fourth-order valence-corrected chi connectivity index (χ4v) is 3.23. The fourth-order valence-electron chi connectivity index (χ4n) is 3.23. The number of hydrogen-bond donors (Lipinski definition) is 2. The van der Waals surface area contributed by atoms with Crippen LogP contribution in [0.3, 0.4) is 0 Å². The Labute approximate surface area is 128 Å². The standard InChI is InChI=1S/C15H21FN4O2/c1-20-8-18-19-14(20)10-5-11(12(21)6-10)7-17-15(22)13(16)9-3-2-4-9/h8,10-12,21H,2-7H2,1H3,(H,17,22)/t10-,11+,12+/m0/s1. The van der Waals surface area contributed by atoms with Crippen molar-refractivity contribution >= 4 is 5.91 Å². The summed E-state index contributed by atoms with van der Waals surface area (Å²) in [7, 11) is 1.87. The molecule has 1 amide bonds. The second-order valence-corrected chi connectivity index (χ2v) is 6.28. The van der Waals surface area contributed by atoms with Crippen LogP contribution in [0.15, 0.2) is 17.7 Å². The number of nitrogens with zero attached hydrogens (tertiary/aromatic N) is 3. The molecule has 3 rings (SSSR count). The van der Waals surface area contributed by atoms with E-state index >= 15 is 0 Å². The van der Waals surface area contributed by atoms with Crippen molar-refractivity contribution in [2.24, 2.45) is 13.0 Å². The number of carbonyl (C=O) groups is 1. The molecule has 1 aromatic heterocycles. The zero-order valence-electron chi connectivity index (χ0n) is 12.6. The van der Waals surface area contributed by atoms with Crippen LogP contribution in [0.25, 0.3) is 0 Å². The van der Waals surface area contributed by atoms with Gasteiger partial charge < -0.3 is 15.0 Å². The molecule has 0 radical (unpaired) electrons. The first-order valence-electron chi connectivity index (χ1n) is 7.74. The number of halogens is 1. The number of carbonyl (C=O) groups excluding carboxylic acids is 1. The predicted octanol–water partition coefficient (Wildman–Crippen LogP) is 1.19. The van der Waals surface area contributed by atoms with Crippen molar-refractivity contribution in [2.45, 2.75) is 44.1 Å². The van der Waals surface area contributed by atoms with Gasteiger partial charge >= 0.3 is 0 Å². The number of nitrogens with one attached hydrogen (secondary N) is 1. The zero-order valence-corrected chi connectivity index (χ0v) is 12.6. The van der Waals surface area contributed by atoms with Crippen LogP contribution in [-0.4, -0.2) is 38.4 Å². The number of allylic oxidation sites excluding steroid dienone is 1. The molecular weight excluding hydrogens is 287 g/mol. The predicted molar refractivity (Wildman–Crippen MR) is 77.5 cm³/mol. The van der Waals surface area contributed by atoms with Gasteiger partial charge in [-0.15, -0.1) is 10.2 Å². The second-order valence-electron chi connectivity index (χ2n) is 6.28. The van der Waals surface area contributed by atoms with Crippen LogP contribution in [0.4, 0.5) is 4.39 Å². The van der Waals surface area contributed by atoms with Crippen LogP contribution in [0.1, 0.15) is 43.8 Å². The van der Waals surface area contributed by atoms with Gasteiger partial charge in [-0.3, -0.25) is 4.79 Å². The molecule has 22 heavy (non-hydrogen) atoms. The molecule has 0 bridgehead atoms. The average Bonchev–Trinajstić information content (AvgIpc) is 3.00. The quantitative estimate of drug-likeness (QED) is 0.819. The van der Waals surface area contributed by atoms with Gasteiger partial charge in [0.25, 0.3) is 5.91 Å².